The van der Waals surface area contributed by atoms with Crippen LogP contribution in [0.3, 0.4) is 0 Å². The average Bonchev–Trinajstić information content (AvgIpc) is 2.27. The highest BCUT2D eigenvalue weighted by Crippen LogP contribution is 2.42. The van der Waals surface area contributed by atoms with E-state index >= 15 is 0 Å². The van der Waals surface area contributed by atoms with E-state index < -0.39 is 26.0 Å². The fourth-order valence-corrected chi connectivity index (χ4v) is 3.85. The van der Waals surface area contributed by atoms with E-state index in [1.165, 1.54) is 0 Å². The second-order valence-corrected chi connectivity index (χ2v) is 8.78. The highest BCUT2D eigenvalue weighted by molar-refractivity contribution is 7.92. The predicted octanol–water partition coefficient (Wildman–Crippen LogP) is 3.05. The minimum atomic E-state index is -3.62. The van der Waals surface area contributed by atoms with Gasteiger partial charge in [0, 0.05) is 0 Å². The summed E-state index contributed by atoms with van der Waals surface area (Å²) in [5.41, 5.74) is 0.0919. The molecule has 0 aliphatic rings. The van der Waals surface area contributed by atoms with Crippen molar-refractivity contribution in [2.45, 2.75) is 50.7 Å². The van der Waals surface area contributed by atoms with Crippen LogP contribution in [0.25, 0.3) is 0 Å². The van der Waals surface area contributed by atoms with E-state index in [1.54, 1.807) is 52.0 Å². The minimum absolute atomic E-state index is 0.203. The van der Waals surface area contributed by atoms with Gasteiger partial charge in [-0.15, -0.1) is 0 Å². The number of hydrogen-bond acceptors (Lipinski definition) is 3. The third kappa shape index (κ3) is 2.87. The summed E-state index contributed by atoms with van der Waals surface area (Å²) in [6, 6.07) is 6.63. The Kier molecular flexibility index (Phi) is 4.34. The Labute approximate surface area is 120 Å². The zero-order valence-electron chi connectivity index (χ0n) is 12.6. The molecule has 1 N–H and O–H groups in total. The van der Waals surface area contributed by atoms with Gasteiger partial charge < -0.3 is 5.11 Å². The number of benzene rings is 1. The van der Waals surface area contributed by atoms with Crippen LogP contribution >= 0.6 is 0 Å². The number of carboxylic acid groups (broad SMARTS) is 1. The number of carbonyl (C=O) groups is 1. The third-order valence-electron chi connectivity index (χ3n) is 4.23. The molecular formula is C15H22O4S. The van der Waals surface area contributed by atoms with E-state index in [4.69, 9.17) is 5.11 Å². The van der Waals surface area contributed by atoms with Crippen LogP contribution in [0.5, 0.6) is 0 Å². The molecule has 4 nitrogen and oxygen atoms in total. The van der Waals surface area contributed by atoms with Crippen LogP contribution in [0, 0.1) is 12.3 Å². The largest absolute Gasteiger partial charge is 0.481 e. The second-order valence-electron chi connectivity index (χ2n) is 6.28. The predicted molar refractivity (Wildman–Crippen MR) is 78.5 cm³/mol. The summed E-state index contributed by atoms with van der Waals surface area (Å²) in [5.74, 6) is -0.998. The Bertz CT molecular complexity index is 595. The van der Waals surface area contributed by atoms with Gasteiger partial charge >= 0.3 is 5.97 Å². The number of hydrogen-bond donors (Lipinski definition) is 1. The zero-order chi connectivity index (χ0) is 15.8. The molecule has 0 aromatic heterocycles. The Balaban J connectivity index is 3.31. The lowest BCUT2D eigenvalue weighted by atomic mass is 9.77. The molecule has 0 spiro atoms. The first-order chi connectivity index (χ1) is 8.92. The van der Waals surface area contributed by atoms with Crippen molar-refractivity contribution in [3.8, 4) is 0 Å². The van der Waals surface area contributed by atoms with Gasteiger partial charge in [-0.3, -0.25) is 4.79 Å². The van der Waals surface area contributed by atoms with E-state index in [9.17, 15) is 13.2 Å². The SMILES string of the molecule is Cc1ccc(S(=O)(=O)C(C)(C)C(C)(C)CC(=O)O)cc1. The molecular weight excluding hydrogens is 276 g/mol. The first kappa shape index (κ1) is 16.7. The molecule has 0 aliphatic carbocycles. The van der Waals surface area contributed by atoms with Gasteiger partial charge in [0.2, 0.25) is 0 Å². The van der Waals surface area contributed by atoms with Gasteiger partial charge in [0.1, 0.15) is 0 Å². The Morgan fingerprint density at radius 2 is 1.55 bits per heavy atom. The van der Waals surface area contributed by atoms with Gasteiger partial charge in [-0.05, 0) is 38.3 Å². The van der Waals surface area contributed by atoms with Crippen molar-refractivity contribution >= 4 is 15.8 Å². The average molecular weight is 298 g/mol. The summed E-state index contributed by atoms with van der Waals surface area (Å²) in [6.07, 6.45) is -0.203. The molecule has 112 valence electrons. The number of carboxylic acids is 1. The van der Waals surface area contributed by atoms with Crippen molar-refractivity contribution in [3.63, 3.8) is 0 Å². The lowest BCUT2D eigenvalue weighted by molar-refractivity contribution is -0.139. The van der Waals surface area contributed by atoms with Crippen molar-refractivity contribution < 1.29 is 18.3 Å². The Morgan fingerprint density at radius 3 is 1.95 bits per heavy atom. The molecule has 0 aliphatic heterocycles. The molecule has 0 fully saturated rings. The highest BCUT2D eigenvalue weighted by Gasteiger charge is 2.48. The molecule has 5 heteroatoms. The standard InChI is InChI=1S/C15H22O4S/c1-11-6-8-12(9-7-11)20(18,19)15(4,5)14(2,3)10-13(16)17/h6-9H,10H2,1-5H3,(H,16,17). The molecule has 1 aromatic carbocycles. The van der Waals surface area contributed by atoms with Crippen LogP contribution in [0.15, 0.2) is 29.2 Å². The van der Waals surface area contributed by atoms with Crippen LogP contribution in [0.1, 0.15) is 39.7 Å². The van der Waals surface area contributed by atoms with Crippen LogP contribution in [0.2, 0.25) is 0 Å². The van der Waals surface area contributed by atoms with Gasteiger partial charge in [0.15, 0.2) is 9.84 Å². The topological polar surface area (TPSA) is 71.4 Å². The smallest absolute Gasteiger partial charge is 0.303 e. The number of rotatable bonds is 5. The van der Waals surface area contributed by atoms with Crippen molar-refractivity contribution in [2.75, 3.05) is 0 Å². The lowest BCUT2D eigenvalue weighted by Gasteiger charge is -2.40. The summed E-state index contributed by atoms with van der Waals surface area (Å²) < 4.78 is 24.4. The Hall–Kier alpha value is -1.36. The van der Waals surface area contributed by atoms with Crippen molar-refractivity contribution in [3.05, 3.63) is 29.8 Å². The quantitative estimate of drug-likeness (QED) is 0.907. The van der Waals surface area contributed by atoms with Crippen LogP contribution in [-0.4, -0.2) is 24.2 Å². The molecule has 1 aromatic rings. The first-order valence-corrected chi connectivity index (χ1v) is 7.93. The van der Waals surface area contributed by atoms with Crippen molar-refractivity contribution in [2.24, 2.45) is 5.41 Å². The normalized spacial score (nSPS) is 13.2. The van der Waals surface area contributed by atoms with Crippen LogP contribution in [0.4, 0.5) is 0 Å². The maximum Gasteiger partial charge on any atom is 0.303 e. The molecule has 0 heterocycles. The fourth-order valence-electron chi connectivity index (χ4n) is 1.97. The maximum atomic E-state index is 12.8. The molecule has 0 saturated heterocycles. The van der Waals surface area contributed by atoms with E-state index in [1.807, 2.05) is 6.92 Å². The van der Waals surface area contributed by atoms with Gasteiger partial charge in [-0.2, -0.15) is 0 Å². The number of sulfone groups is 1. The number of aliphatic carboxylic acids is 1. The summed E-state index contributed by atoms with van der Waals surface area (Å²) in [4.78, 5) is 11.2. The Morgan fingerprint density at radius 1 is 1.10 bits per heavy atom. The molecule has 0 saturated carbocycles. The van der Waals surface area contributed by atoms with Gasteiger partial charge in [0.05, 0.1) is 16.1 Å². The number of aryl methyl sites for hydroxylation is 1. The van der Waals surface area contributed by atoms with E-state index in [0.717, 1.165) is 5.56 Å². The molecule has 0 unspecified atom stereocenters. The molecule has 0 atom stereocenters. The molecule has 1 rings (SSSR count). The summed E-state index contributed by atoms with van der Waals surface area (Å²) >= 11 is 0. The van der Waals surface area contributed by atoms with E-state index in [2.05, 4.69) is 0 Å². The van der Waals surface area contributed by atoms with Gasteiger partial charge in [-0.25, -0.2) is 8.42 Å². The fraction of sp³-hybridized carbons (Fsp3) is 0.533. The third-order valence-corrected chi connectivity index (χ3v) is 7.02. The zero-order valence-corrected chi connectivity index (χ0v) is 13.4. The van der Waals surface area contributed by atoms with Crippen molar-refractivity contribution in [1.82, 2.24) is 0 Å². The summed E-state index contributed by atoms with van der Waals surface area (Å²) in [5, 5.41) is 8.99. The van der Waals surface area contributed by atoms with Gasteiger partial charge in [0.25, 0.3) is 0 Å². The van der Waals surface area contributed by atoms with Crippen LogP contribution < -0.4 is 0 Å². The molecule has 20 heavy (non-hydrogen) atoms. The van der Waals surface area contributed by atoms with E-state index in [0.29, 0.717) is 0 Å². The first-order valence-electron chi connectivity index (χ1n) is 6.45. The summed E-state index contributed by atoms with van der Waals surface area (Å²) in [6.45, 7) is 8.41. The van der Waals surface area contributed by atoms with Gasteiger partial charge in [-0.1, -0.05) is 31.5 Å². The monoisotopic (exact) mass is 298 g/mol. The van der Waals surface area contributed by atoms with Crippen LogP contribution in [-0.2, 0) is 14.6 Å². The summed E-state index contributed by atoms with van der Waals surface area (Å²) in [7, 11) is -3.62. The lowest BCUT2D eigenvalue weighted by Crippen LogP contribution is -2.47. The second kappa shape index (κ2) is 5.20. The molecule has 0 amide bonds. The van der Waals surface area contributed by atoms with E-state index in [-0.39, 0.29) is 11.3 Å². The highest BCUT2D eigenvalue weighted by atomic mass is 32.2. The maximum absolute atomic E-state index is 12.8. The van der Waals surface area contributed by atoms with Crippen molar-refractivity contribution in [1.29, 1.82) is 0 Å². The molecule has 0 radical (unpaired) electrons. The minimum Gasteiger partial charge on any atom is -0.481 e. The molecule has 0 bridgehead atoms.